The van der Waals surface area contributed by atoms with Gasteiger partial charge in [0.25, 0.3) is 11.4 Å². The van der Waals surface area contributed by atoms with Crippen molar-refractivity contribution in [2.24, 2.45) is 0 Å². The minimum Gasteiger partial charge on any atom is -0.506 e. The Labute approximate surface area is 127 Å². The molecule has 0 atom stereocenters. The highest BCUT2D eigenvalue weighted by molar-refractivity contribution is 5.97. The van der Waals surface area contributed by atoms with Crippen molar-refractivity contribution in [1.29, 1.82) is 0 Å². The van der Waals surface area contributed by atoms with Gasteiger partial charge in [-0.05, 0) is 18.2 Å². The molecule has 0 fully saturated rings. The van der Waals surface area contributed by atoms with Crippen LogP contribution >= 0.6 is 0 Å². The number of aromatic carboxylic acids is 1. The minimum absolute atomic E-state index is 0.190. The summed E-state index contributed by atoms with van der Waals surface area (Å²) in [6.07, 6.45) is 0. The van der Waals surface area contributed by atoms with Crippen LogP contribution < -0.4 is 5.32 Å². The van der Waals surface area contributed by atoms with Crippen LogP contribution in [0.25, 0.3) is 0 Å². The van der Waals surface area contributed by atoms with Crippen molar-refractivity contribution in [2.75, 3.05) is 5.32 Å². The summed E-state index contributed by atoms with van der Waals surface area (Å²) in [7, 11) is 0. The molecule has 0 bridgehead atoms. The maximum atomic E-state index is 11.2. The van der Waals surface area contributed by atoms with E-state index in [0.717, 1.165) is 18.2 Å². The summed E-state index contributed by atoms with van der Waals surface area (Å²) >= 11 is 0. The molecule has 118 valence electrons. The highest BCUT2D eigenvalue weighted by atomic mass is 16.6. The SMILES string of the molecule is O=C(O)c1cccc(O)c1Nc1ccc([N+](=O)[O-])cc1[N+](=O)[O-]. The second-order valence-electron chi connectivity index (χ2n) is 4.35. The molecule has 0 saturated heterocycles. The van der Waals surface area contributed by atoms with E-state index in [9.17, 15) is 30.1 Å². The number of phenols is 1. The lowest BCUT2D eigenvalue weighted by Gasteiger charge is -2.11. The first kappa shape index (κ1) is 15.7. The molecule has 0 spiro atoms. The molecule has 2 rings (SSSR count). The van der Waals surface area contributed by atoms with E-state index in [1.807, 2.05) is 0 Å². The third-order valence-corrected chi connectivity index (χ3v) is 2.92. The lowest BCUT2D eigenvalue weighted by molar-refractivity contribution is -0.393. The van der Waals surface area contributed by atoms with Gasteiger partial charge in [-0.1, -0.05) is 6.07 Å². The van der Waals surface area contributed by atoms with Crippen LogP contribution in [0.5, 0.6) is 5.75 Å². The zero-order valence-electron chi connectivity index (χ0n) is 11.3. The predicted molar refractivity (Wildman–Crippen MR) is 78.1 cm³/mol. The fourth-order valence-corrected chi connectivity index (χ4v) is 1.87. The molecule has 0 aliphatic rings. The van der Waals surface area contributed by atoms with Crippen molar-refractivity contribution in [3.8, 4) is 5.75 Å². The number of carboxylic acid groups (broad SMARTS) is 1. The zero-order valence-corrected chi connectivity index (χ0v) is 11.3. The van der Waals surface area contributed by atoms with Crippen LogP contribution in [0.4, 0.5) is 22.7 Å². The normalized spacial score (nSPS) is 10.1. The zero-order chi connectivity index (χ0) is 17.1. The van der Waals surface area contributed by atoms with Crippen LogP contribution in [0, 0.1) is 20.2 Å². The minimum atomic E-state index is -1.35. The average molecular weight is 319 g/mol. The molecule has 3 N–H and O–H groups in total. The van der Waals surface area contributed by atoms with E-state index in [1.54, 1.807) is 0 Å². The molecule has 0 aliphatic carbocycles. The van der Waals surface area contributed by atoms with Crippen LogP contribution in [0.3, 0.4) is 0 Å². The number of hydrogen-bond donors (Lipinski definition) is 3. The lowest BCUT2D eigenvalue weighted by atomic mass is 10.1. The number of non-ortho nitro benzene ring substituents is 1. The van der Waals surface area contributed by atoms with Crippen molar-refractivity contribution >= 4 is 28.7 Å². The van der Waals surface area contributed by atoms with E-state index < -0.39 is 32.9 Å². The number of nitro benzene ring substituents is 2. The molecular weight excluding hydrogens is 310 g/mol. The first-order valence-corrected chi connectivity index (χ1v) is 6.06. The van der Waals surface area contributed by atoms with Gasteiger partial charge in [0.05, 0.1) is 27.2 Å². The monoisotopic (exact) mass is 319 g/mol. The van der Waals surface area contributed by atoms with Crippen molar-refractivity contribution in [3.63, 3.8) is 0 Å². The van der Waals surface area contributed by atoms with Gasteiger partial charge in [0.1, 0.15) is 11.4 Å². The second-order valence-corrected chi connectivity index (χ2v) is 4.35. The molecule has 2 aromatic rings. The summed E-state index contributed by atoms with van der Waals surface area (Å²) < 4.78 is 0. The molecule has 10 heteroatoms. The van der Waals surface area contributed by atoms with E-state index in [4.69, 9.17) is 5.11 Å². The highest BCUT2D eigenvalue weighted by Gasteiger charge is 2.22. The Kier molecular flexibility index (Phi) is 4.07. The molecule has 10 nitrogen and oxygen atoms in total. The number of carbonyl (C=O) groups is 1. The number of hydrogen-bond acceptors (Lipinski definition) is 7. The molecule has 0 aliphatic heterocycles. The number of phenolic OH excluding ortho intramolecular Hbond substituents is 1. The van der Waals surface area contributed by atoms with Gasteiger partial charge in [-0.3, -0.25) is 20.2 Å². The van der Waals surface area contributed by atoms with Gasteiger partial charge in [0.15, 0.2) is 0 Å². The number of nitro groups is 2. The number of para-hydroxylation sites is 1. The molecule has 2 aromatic carbocycles. The summed E-state index contributed by atoms with van der Waals surface area (Å²) in [5.41, 5.74) is -1.86. The molecule has 0 unspecified atom stereocenters. The Morgan fingerprint density at radius 1 is 1.09 bits per heavy atom. The number of anilines is 2. The van der Waals surface area contributed by atoms with E-state index in [2.05, 4.69) is 5.32 Å². The Bertz CT molecular complexity index is 819. The number of carboxylic acids is 1. The van der Waals surface area contributed by atoms with Crippen molar-refractivity contribution in [3.05, 3.63) is 62.2 Å². The number of aromatic hydroxyl groups is 1. The molecular formula is C13H9N3O7. The van der Waals surface area contributed by atoms with Gasteiger partial charge in [-0.15, -0.1) is 0 Å². The predicted octanol–water partition coefficient (Wildman–Crippen LogP) is 2.65. The number of benzene rings is 2. The van der Waals surface area contributed by atoms with E-state index in [1.165, 1.54) is 18.2 Å². The molecule has 0 radical (unpaired) electrons. The highest BCUT2D eigenvalue weighted by Crippen LogP contribution is 2.36. The fourth-order valence-electron chi connectivity index (χ4n) is 1.87. The fraction of sp³-hybridized carbons (Fsp3) is 0. The van der Waals surface area contributed by atoms with Crippen LogP contribution in [0.1, 0.15) is 10.4 Å². The topological polar surface area (TPSA) is 156 Å². The first-order chi connectivity index (χ1) is 10.8. The maximum Gasteiger partial charge on any atom is 0.337 e. The summed E-state index contributed by atoms with van der Waals surface area (Å²) in [5.74, 6) is -1.79. The van der Waals surface area contributed by atoms with Crippen molar-refractivity contribution in [2.45, 2.75) is 0 Å². The maximum absolute atomic E-state index is 11.2. The average Bonchev–Trinajstić information content (AvgIpc) is 2.48. The number of nitrogens with zero attached hydrogens (tertiary/aromatic N) is 2. The van der Waals surface area contributed by atoms with Crippen LogP contribution in [-0.4, -0.2) is 26.0 Å². The van der Waals surface area contributed by atoms with E-state index in [-0.39, 0.29) is 16.9 Å². The third-order valence-electron chi connectivity index (χ3n) is 2.92. The molecule has 0 heterocycles. The lowest BCUT2D eigenvalue weighted by Crippen LogP contribution is -2.04. The quantitative estimate of drug-likeness (QED) is 0.431. The van der Waals surface area contributed by atoms with Gasteiger partial charge in [-0.2, -0.15) is 0 Å². The molecule has 0 saturated carbocycles. The Hall–Kier alpha value is -3.69. The first-order valence-electron chi connectivity index (χ1n) is 6.06. The van der Waals surface area contributed by atoms with Gasteiger partial charge >= 0.3 is 5.97 Å². The van der Waals surface area contributed by atoms with Crippen LogP contribution in [0.15, 0.2) is 36.4 Å². The van der Waals surface area contributed by atoms with E-state index in [0.29, 0.717) is 0 Å². The largest absolute Gasteiger partial charge is 0.506 e. The van der Waals surface area contributed by atoms with Gasteiger partial charge in [0, 0.05) is 6.07 Å². The Morgan fingerprint density at radius 2 is 1.78 bits per heavy atom. The van der Waals surface area contributed by atoms with Crippen molar-refractivity contribution < 1.29 is 24.9 Å². The Balaban J connectivity index is 2.55. The van der Waals surface area contributed by atoms with Gasteiger partial charge in [0.2, 0.25) is 0 Å². The summed E-state index contributed by atoms with van der Waals surface area (Å²) in [5, 5.41) is 43.0. The van der Waals surface area contributed by atoms with Gasteiger partial charge in [-0.25, -0.2) is 4.79 Å². The van der Waals surface area contributed by atoms with E-state index >= 15 is 0 Å². The summed E-state index contributed by atoms with van der Waals surface area (Å²) in [6.45, 7) is 0. The number of nitrogens with one attached hydrogen (secondary N) is 1. The second kappa shape index (κ2) is 5.97. The van der Waals surface area contributed by atoms with Crippen LogP contribution in [-0.2, 0) is 0 Å². The summed E-state index contributed by atoms with van der Waals surface area (Å²) in [6, 6.07) is 6.52. The van der Waals surface area contributed by atoms with Crippen molar-refractivity contribution in [1.82, 2.24) is 0 Å². The summed E-state index contributed by atoms with van der Waals surface area (Å²) in [4.78, 5) is 31.3. The molecule has 23 heavy (non-hydrogen) atoms. The molecule has 0 amide bonds. The van der Waals surface area contributed by atoms with Crippen LogP contribution in [0.2, 0.25) is 0 Å². The standard InChI is InChI=1S/C13H9N3O7/c17-11-3-1-2-8(13(18)19)12(11)14-9-5-4-7(15(20)21)6-10(9)16(22)23/h1-6,14,17H,(H,18,19). The smallest absolute Gasteiger partial charge is 0.337 e. The van der Waals surface area contributed by atoms with Gasteiger partial charge < -0.3 is 15.5 Å². The Morgan fingerprint density at radius 3 is 2.35 bits per heavy atom. The third kappa shape index (κ3) is 3.15. The molecule has 0 aromatic heterocycles. The number of rotatable bonds is 5.